The number of amides is 1. The van der Waals surface area contributed by atoms with E-state index in [-0.39, 0.29) is 18.0 Å². The second kappa shape index (κ2) is 8.51. The van der Waals surface area contributed by atoms with Gasteiger partial charge >= 0.3 is 0 Å². The summed E-state index contributed by atoms with van der Waals surface area (Å²) in [6.07, 6.45) is 1.45. The Morgan fingerprint density at radius 1 is 1.10 bits per heavy atom. The maximum absolute atomic E-state index is 13.0. The quantitative estimate of drug-likeness (QED) is 0.520. The summed E-state index contributed by atoms with van der Waals surface area (Å²) in [6.45, 7) is 0.340. The van der Waals surface area contributed by atoms with E-state index in [4.69, 9.17) is 0 Å². The standard InChI is InChI=1S/C23H22N4O2S/c1-26(2)18-10-8-16(9-11-18)12-24-20(28)13-27-15-25-22-21(23(27)29)19(14-30-22)17-6-4-3-5-7-17/h3-11,14-15H,12-13H2,1-2H3,(H,24,28). The highest BCUT2D eigenvalue weighted by molar-refractivity contribution is 7.17. The Balaban J connectivity index is 1.50. The Bertz CT molecular complexity index is 1230. The van der Waals surface area contributed by atoms with Gasteiger partial charge in [-0.1, -0.05) is 42.5 Å². The first-order valence-electron chi connectivity index (χ1n) is 9.58. The summed E-state index contributed by atoms with van der Waals surface area (Å²) in [5.41, 5.74) is 3.71. The minimum Gasteiger partial charge on any atom is -0.378 e. The monoisotopic (exact) mass is 418 g/mol. The molecule has 0 unspecified atom stereocenters. The molecule has 0 aliphatic rings. The molecule has 152 valence electrons. The molecule has 0 radical (unpaired) electrons. The summed E-state index contributed by atoms with van der Waals surface area (Å²) in [7, 11) is 3.96. The van der Waals surface area contributed by atoms with E-state index in [0.29, 0.717) is 16.8 Å². The summed E-state index contributed by atoms with van der Waals surface area (Å²) in [5, 5.41) is 5.37. The van der Waals surface area contributed by atoms with Gasteiger partial charge in [-0.2, -0.15) is 0 Å². The molecule has 0 saturated carbocycles. The number of thiophene rings is 1. The normalized spacial score (nSPS) is 10.9. The van der Waals surface area contributed by atoms with Gasteiger partial charge < -0.3 is 10.2 Å². The molecule has 30 heavy (non-hydrogen) atoms. The zero-order chi connectivity index (χ0) is 21.1. The van der Waals surface area contributed by atoms with E-state index in [0.717, 1.165) is 22.4 Å². The number of aromatic nitrogens is 2. The summed E-state index contributed by atoms with van der Waals surface area (Å²) < 4.78 is 1.37. The van der Waals surface area contributed by atoms with Gasteiger partial charge in [0.05, 0.1) is 11.7 Å². The van der Waals surface area contributed by atoms with Crippen molar-refractivity contribution < 1.29 is 4.79 Å². The van der Waals surface area contributed by atoms with Crippen molar-refractivity contribution in [1.82, 2.24) is 14.9 Å². The van der Waals surface area contributed by atoms with Crippen LogP contribution in [0.3, 0.4) is 0 Å². The van der Waals surface area contributed by atoms with Gasteiger partial charge in [0.25, 0.3) is 5.56 Å². The van der Waals surface area contributed by atoms with E-state index in [1.54, 1.807) is 0 Å². The largest absolute Gasteiger partial charge is 0.378 e. The number of rotatable bonds is 6. The Morgan fingerprint density at radius 3 is 2.53 bits per heavy atom. The van der Waals surface area contributed by atoms with Gasteiger partial charge in [-0.25, -0.2) is 4.98 Å². The van der Waals surface area contributed by atoms with E-state index in [9.17, 15) is 9.59 Å². The SMILES string of the molecule is CN(C)c1ccc(CNC(=O)Cn2cnc3scc(-c4ccccc4)c3c2=O)cc1. The molecule has 4 aromatic rings. The molecule has 0 fully saturated rings. The second-order valence-corrected chi connectivity index (χ2v) is 8.07. The first kappa shape index (κ1) is 19.8. The Hall–Kier alpha value is -3.45. The number of fused-ring (bicyclic) bond motifs is 1. The number of hydrogen-bond acceptors (Lipinski definition) is 5. The van der Waals surface area contributed by atoms with Crippen LogP contribution in [-0.2, 0) is 17.9 Å². The van der Waals surface area contributed by atoms with Crippen molar-refractivity contribution in [2.45, 2.75) is 13.1 Å². The number of nitrogens with zero attached hydrogens (tertiary/aromatic N) is 3. The highest BCUT2D eigenvalue weighted by atomic mass is 32.1. The number of carbonyl (C=O) groups excluding carboxylic acids is 1. The molecule has 0 bridgehead atoms. The lowest BCUT2D eigenvalue weighted by atomic mass is 10.1. The number of nitrogens with one attached hydrogen (secondary N) is 1. The van der Waals surface area contributed by atoms with Crippen LogP contribution < -0.4 is 15.8 Å². The van der Waals surface area contributed by atoms with Crippen molar-refractivity contribution >= 4 is 33.1 Å². The van der Waals surface area contributed by atoms with E-state index >= 15 is 0 Å². The number of anilines is 1. The van der Waals surface area contributed by atoms with Crippen LogP contribution in [0.4, 0.5) is 5.69 Å². The molecular formula is C23H22N4O2S. The molecule has 2 aromatic heterocycles. The summed E-state index contributed by atoms with van der Waals surface area (Å²) in [5.74, 6) is -0.230. The van der Waals surface area contributed by atoms with Crippen LogP contribution in [0.1, 0.15) is 5.56 Å². The van der Waals surface area contributed by atoms with Crippen LogP contribution in [-0.4, -0.2) is 29.6 Å². The molecule has 0 aliphatic heterocycles. The summed E-state index contributed by atoms with van der Waals surface area (Å²) >= 11 is 1.43. The average molecular weight is 419 g/mol. The fraction of sp³-hybridized carbons (Fsp3) is 0.174. The molecule has 4 rings (SSSR count). The van der Waals surface area contributed by atoms with Crippen LogP contribution in [0.15, 0.2) is 71.1 Å². The minimum atomic E-state index is -0.230. The average Bonchev–Trinajstić information content (AvgIpc) is 3.20. The second-order valence-electron chi connectivity index (χ2n) is 7.21. The highest BCUT2D eigenvalue weighted by Crippen LogP contribution is 2.30. The van der Waals surface area contributed by atoms with Gasteiger partial charge in [0.1, 0.15) is 11.4 Å². The third-order valence-corrected chi connectivity index (χ3v) is 5.79. The number of hydrogen-bond donors (Lipinski definition) is 1. The van der Waals surface area contributed by atoms with E-state index < -0.39 is 0 Å². The molecule has 1 amide bonds. The fourth-order valence-corrected chi connectivity index (χ4v) is 4.14. The molecule has 0 spiro atoms. The van der Waals surface area contributed by atoms with Gasteiger partial charge in [-0.15, -0.1) is 11.3 Å². The van der Waals surface area contributed by atoms with Crippen LogP contribution in [0, 0.1) is 0 Å². The Kier molecular flexibility index (Phi) is 5.63. The van der Waals surface area contributed by atoms with Crippen LogP contribution in [0.2, 0.25) is 0 Å². The van der Waals surface area contributed by atoms with Crippen LogP contribution >= 0.6 is 11.3 Å². The number of carbonyl (C=O) groups is 1. The molecule has 2 heterocycles. The van der Waals surface area contributed by atoms with Crippen molar-refractivity contribution in [3.8, 4) is 11.1 Å². The third kappa shape index (κ3) is 4.11. The smallest absolute Gasteiger partial charge is 0.263 e. The van der Waals surface area contributed by atoms with Crippen LogP contribution in [0.25, 0.3) is 21.3 Å². The zero-order valence-corrected chi connectivity index (χ0v) is 17.6. The van der Waals surface area contributed by atoms with Crippen molar-refractivity contribution in [2.75, 3.05) is 19.0 Å². The van der Waals surface area contributed by atoms with E-state index in [1.807, 2.05) is 79.0 Å². The third-order valence-electron chi connectivity index (χ3n) is 4.90. The van der Waals surface area contributed by atoms with E-state index in [2.05, 4.69) is 10.3 Å². The molecule has 2 aromatic carbocycles. The fourth-order valence-electron chi connectivity index (χ4n) is 3.23. The van der Waals surface area contributed by atoms with Crippen LogP contribution in [0.5, 0.6) is 0 Å². The minimum absolute atomic E-state index is 0.0678. The first-order valence-corrected chi connectivity index (χ1v) is 10.5. The summed E-state index contributed by atoms with van der Waals surface area (Å²) in [6, 6.07) is 17.7. The highest BCUT2D eigenvalue weighted by Gasteiger charge is 2.14. The van der Waals surface area contributed by atoms with Crippen molar-refractivity contribution in [2.24, 2.45) is 0 Å². The van der Waals surface area contributed by atoms with Gasteiger partial charge in [0.15, 0.2) is 0 Å². The lowest BCUT2D eigenvalue weighted by Gasteiger charge is -2.13. The van der Waals surface area contributed by atoms with Crippen molar-refractivity contribution in [3.05, 3.63) is 82.2 Å². The zero-order valence-electron chi connectivity index (χ0n) is 16.8. The van der Waals surface area contributed by atoms with Gasteiger partial charge in [0.2, 0.25) is 5.91 Å². The summed E-state index contributed by atoms with van der Waals surface area (Å²) in [4.78, 5) is 32.6. The molecule has 0 saturated heterocycles. The predicted molar refractivity (Wildman–Crippen MR) is 122 cm³/mol. The maximum atomic E-state index is 13.0. The van der Waals surface area contributed by atoms with Gasteiger partial charge in [-0.3, -0.25) is 14.2 Å². The van der Waals surface area contributed by atoms with Crippen molar-refractivity contribution in [3.63, 3.8) is 0 Å². The maximum Gasteiger partial charge on any atom is 0.263 e. The Labute approximate surface area is 178 Å². The Morgan fingerprint density at radius 2 is 1.83 bits per heavy atom. The molecule has 7 heteroatoms. The van der Waals surface area contributed by atoms with E-state index in [1.165, 1.54) is 22.2 Å². The van der Waals surface area contributed by atoms with Crippen molar-refractivity contribution in [1.29, 1.82) is 0 Å². The molecular weight excluding hydrogens is 396 g/mol. The topological polar surface area (TPSA) is 67.2 Å². The molecule has 6 nitrogen and oxygen atoms in total. The molecule has 1 N–H and O–H groups in total. The lowest BCUT2D eigenvalue weighted by Crippen LogP contribution is -2.32. The molecule has 0 atom stereocenters. The van der Waals surface area contributed by atoms with Gasteiger partial charge in [-0.05, 0) is 23.3 Å². The first-order chi connectivity index (χ1) is 14.5. The lowest BCUT2D eigenvalue weighted by molar-refractivity contribution is -0.121. The molecule has 0 aliphatic carbocycles. The van der Waals surface area contributed by atoms with Gasteiger partial charge in [0, 0.05) is 37.3 Å². The number of benzene rings is 2. The predicted octanol–water partition coefficient (Wildman–Crippen LogP) is 3.51.